The van der Waals surface area contributed by atoms with Crippen molar-refractivity contribution in [2.24, 2.45) is 0 Å². The van der Waals surface area contributed by atoms with Gasteiger partial charge in [0.2, 0.25) is 0 Å². The second kappa shape index (κ2) is 9.19. The van der Waals surface area contributed by atoms with Gasteiger partial charge in [-0.25, -0.2) is 4.98 Å². The zero-order chi connectivity index (χ0) is 19.1. The lowest BCUT2D eigenvalue weighted by atomic mass is 10.1. The highest BCUT2D eigenvalue weighted by Crippen LogP contribution is 2.13. The fraction of sp³-hybridized carbons (Fsp3) is 0.182. The summed E-state index contributed by atoms with van der Waals surface area (Å²) in [5, 5.41) is 4.01. The fourth-order valence-corrected chi connectivity index (χ4v) is 2.92. The number of benzene rings is 2. The van der Waals surface area contributed by atoms with Gasteiger partial charge in [0.15, 0.2) is 0 Å². The molecular formula is C22H22ClN3O. The van der Waals surface area contributed by atoms with Gasteiger partial charge in [0, 0.05) is 36.9 Å². The molecule has 1 aromatic heterocycles. The van der Waals surface area contributed by atoms with E-state index in [1.54, 1.807) is 23.2 Å². The highest BCUT2D eigenvalue weighted by atomic mass is 35.5. The van der Waals surface area contributed by atoms with Crippen LogP contribution in [0.25, 0.3) is 0 Å². The second-order valence-corrected chi connectivity index (χ2v) is 6.82. The van der Waals surface area contributed by atoms with Crippen molar-refractivity contribution < 1.29 is 4.79 Å². The SMILES string of the molecule is CN(Cc1ccccc1)C(=O)c1ccnc(NCCc2ccc(Cl)cc2)c1. The third kappa shape index (κ3) is 5.56. The first-order valence-corrected chi connectivity index (χ1v) is 9.23. The van der Waals surface area contributed by atoms with Crippen molar-refractivity contribution >= 4 is 23.3 Å². The molecule has 138 valence electrons. The number of anilines is 1. The maximum Gasteiger partial charge on any atom is 0.254 e. The molecule has 3 aromatic rings. The van der Waals surface area contributed by atoms with Crippen molar-refractivity contribution in [3.63, 3.8) is 0 Å². The first-order chi connectivity index (χ1) is 13.1. The van der Waals surface area contributed by atoms with Crippen molar-refractivity contribution in [3.8, 4) is 0 Å². The van der Waals surface area contributed by atoms with Gasteiger partial charge in [0.05, 0.1) is 0 Å². The number of hydrogen-bond acceptors (Lipinski definition) is 3. The number of halogens is 1. The van der Waals surface area contributed by atoms with Crippen LogP contribution in [0.2, 0.25) is 5.02 Å². The van der Waals surface area contributed by atoms with Crippen LogP contribution in [0.5, 0.6) is 0 Å². The first-order valence-electron chi connectivity index (χ1n) is 8.85. The Balaban J connectivity index is 1.57. The number of carbonyl (C=O) groups excluding carboxylic acids is 1. The van der Waals surface area contributed by atoms with Crippen LogP contribution in [0.4, 0.5) is 5.82 Å². The van der Waals surface area contributed by atoms with Crippen LogP contribution in [-0.2, 0) is 13.0 Å². The molecule has 27 heavy (non-hydrogen) atoms. The lowest BCUT2D eigenvalue weighted by Crippen LogP contribution is -2.26. The Morgan fingerprint density at radius 1 is 1.04 bits per heavy atom. The van der Waals surface area contributed by atoms with Crippen LogP contribution in [0, 0.1) is 0 Å². The summed E-state index contributed by atoms with van der Waals surface area (Å²) in [7, 11) is 1.81. The van der Waals surface area contributed by atoms with Crippen molar-refractivity contribution in [3.05, 3.63) is 94.6 Å². The van der Waals surface area contributed by atoms with Gasteiger partial charge >= 0.3 is 0 Å². The summed E-state index contributed by atoms with van der Waals surface area (Å²) in [6.07, 6.45) is 2.51. The predicted molar refractivity (Wildman–Crippen MR) is 110 cm³/mol. The summed E-state index contributed by atoms with van der Waals surface area (Å²) < 4.78 is 0. The molecule has 3 rings (SSSR count). The summed E-state index contributed by atoms with van der Waals surface area (Å²) in [4.78, 5) is 18.7. The molecule has 0 fully saturated rings. The fourth-order valence-electron chi connectivity index (χ4n) is 2.80. The number of carbonyl (C=O) groups is 1. The summed E-state index contributed by atoms with van der Waals surface area (Å²) in [5.74, 6) is 0.671. The number of nitrogens with zero attached hydrogens (tertiary/aromatic N) is 2. The summed E-state index contributed by atoms with van der Waals surface area (Å²) in [6.45, 7) is 1.30. The van der Waals surface area contributed by atoms with Gasteiger partial charge in [-0.3, -0.25) is 4.79 Å². The normalized spacial score (nSPS) is 10.4. The Morgan fingerprint density at radius 2 is 1.78 bits per heavy atom. The Labute approximate surface area is 164 Å². The van der Waals surface area contributed by atoms with Crippen LogP contribution in [0.15, 0.2) is 72.9 Å². The highest BCUT2D eigenvalue weighted by Gasteiger charge is 2.12. The second-order valence-electron chi connectivity index (χ2n) is 6.38. The van der Waals surface area contributed by atoms with Crippen LogP contribution >= 0.6 is 11.6 Å². The van der Waals surface area contributed by atoms with Gasteiger partial charge in [-0.15, -0.1) is 0 Å². The van der Waals surface area contributed by atoms with E-state index in [9.17, 15) is 4.79 Å². The lowest BCUT2D eigenvalue weighted by Gasteiger charge is -2.17. The predicted octanol–water partition coefficient (Wildman–Crippen LogP) is 4.66. The maximum atomic E-state index is 12.7. The molecule has 0 saturated carbocycles. The van der Waals surface area contributed by atoms with E-state index in [2.05, 4.69) is 10.3 Å². The van der Waals surface area contributed by atoms with Crippen LogP contribution in [0.3, 0.4) is 0 Å². The topological polar surface area (TPSA) is 45.2 Å². The first kappa shape index (κ1) is 18.9. The number of hydrogen-bond donors (Lipinski definition) is 1. The molecule has 0 aliphatic rings. The molecule has 2 aromatic carbocycles. The molecule has 0 radical (unpaired) electrons. The molecule has 1 N–H and O–H groups in total. The maximum absolute atomic E-state index is 12.7. The standard InChI is InChI=1S/C22H22ClN3O/c1-26(16-18-5-3-2-4-6-18)22(27)19-12-14-25-21(15-19)24-13-11-17-7-9-20(23)10-8-17/h2-10,12,14-15H,11,13,16H2,1H3,(H,24,25). The van der Waals surface area contributed by atoms with Gasteiger partial charge < -0.3 is 10.2 Å². The van der Waals surface area contributed by atoms with E-state index >= 15 is 0 Å². The van der Waals surface area contributed by atoms with E-state index in [1.165, 1.54) is 5.56 Å². The Morgan fingerprint density at radius 3 is 2.52 bits per heavy atom. The molecule has 0 unspecified atom stereocenters. The molecule has 1 heterocycles. The van der Waals surface area contributed by atoms with Gasteiger partial charge in [0.1, 0.15) is 5.82 Å². The minimum absolute atomic E-state index is 0.0259. The van der Waals surface area contributed by atoms with Crippen molar-refractivity contribution in [1.82, 2.24) is 9.88 Å². The number of rotatable bonds is 7. The summed E-state index contributed by atoms with van der Waals surface area (Å²) in [6, 6.07) is 21.3. The summed E-state index contributed by atoms with van der Waals surface area (Å²) >= 11 is 5.90. The highest BCUT2D eigenvalue weighted by molar-refractivity contribution is 6.30. The van der Waals surface area contributed by atoms with Gasteiger partial charge in [0.25, 0.3) is 5.91 Å². The van der Waals surface area contributed by atoms with Gasteiger partial charge in [-0.05, 0) is 41.8 Å². The smallest absolute Gasteiger partial charge is 0.254 e. The monoisotopic (exact) mass is 379 g/mol. The van der Waals surface area contributed by atoms with Gasteiger partial charge in [-0.2, -0.15) is 0 Å². The lowest BCUT2D eigenvalue weighted by molar-refractivity contribution is 0.0785. The van der Waals surface area contributed by atoms with Gasteiger partial charge in [-0.1, -0.05) is 54.1 Å². The van der Waals surface area contributed by atoms with Crippen LogP contribution < -0.4 is 5.32 Å². The molecular weight excluding hydrogens is 358 g/mol. The van der Waals surface area contributed by atoms with E-state index in [0.29, 0.717) is 17.9 Å². The van der Waals surface area contributed by atoms with E-state index < -0.39 is 0 Å². The van der Waals surface area contributed by atoms with Crippen molar-refractivity contribution in [2.45, 2.75) is 13.0 Å². The molecule has 0 atom stereocenters. The van der Waals surface area contributed by atoms with Crippen molar-refractivity contribution in [1.29, 1.82) is 0 Å². The van der Waals surface area contributed by atoms with Crippen LogP contribution in [0.1, 0.15) is 21.5 Å². The third-order valence-electron chi connectivity index (χ3n) is 4.25. The number of aromatic nitrogens is 1. The molecule has 0 aliphatic heterocycles. The largest absolute Gasteiger partial charge is 0.370 e. The minimum Gasteiger partial charge on any atom is -0.370 e. The van der Waals surface area contributed by atoms with E-state index in [0.717, 1.165) is 23.6 Å². The quantitative estimate of drug-likeness (QED) is 0.649. The molecule has 0 bridgehead atoms. The minimum atomic E-state index is -0.0259. The van der Waals surface area contributed by atoms with E-state index in [4.69, 9.17) is 11.6 Å². The van der Waals surface area contributed by atoms with Crippen molar-refractivity contribution in [2.75, 3.05) is 18.9 Å². The van der Waals surface area contributed by atoms with Crippen LogP contribution in [-0.4, -0.2) is 29.4 Å². The zero-order valence-electron chi connectivity index (χ0n) is 15.2. The van der Waals surface area contributed by atoms with E-state index in [-0.39, 0.29) is 5.91 Å². The number of nitrogens with one attached hydrogen (secondary N) is 1. The average Bonchev–Trinajstić information content (AvgIpc) is 2.70. The Kier molecular flexibility index (Phi) is 6.44. The molecule has 1 amide bonds. The average molecular weight is 380 g/mol. The number of pyridine rings is 1. The molecule has 0 spiro atoms. The molecule has 4 nitrogen and oxygen atoms in total. The molecule has 5 heteroatoms. The zero-order valence-corrected chi connectivity index (χ0v) is 16.0. The summed E-state index contributed by atoms with van der Waals surface area (Å²) in [5.41, 5.74) is 2.92. The Hall–Kier alpha value is -2.85. The van der Waals surface area contributed by atoms with E-state index in [1.807, 2.05) is 61.6 Å². The Bertz CT molecular complexity index is 882. The molecule has 0 aliphatic carbocycles. The third-order valence-corrected chi connectivity index (χ3v) is 4.50. The molecule has 0 saturated heterocycles. The number of amides is 1.